The first-order valence-corrected chi connectivity index (χ1v) is 12.6. The number of hydrogen-bond acceptors (Lipinski definition) is 4. The van der Waals surface area contributed by atoms with Crippen LogP contribution >= 0.6 is 0 Å². The van der Waals surface area contributed by atoms with E-state index in [2.05, 4.69) is 6.92 Å². The topological polar surface area (TPSA) is 72.8 Å². The predicted octanol–water partition coefficient (Wildman–Crippen LogP) is 7.07. The lowest BCUT2D eigenvalue weighted by molar-refractivity contribution is -0.155. The summed E-state index contributed by atoms with van der Waals surface area (Å²) in [5, 5.41) is 8.62. The summed E-state index contributed by atoms with van der Waals surface area (Å²) in [4.78, 5) is 22.6. The average Bonchev–Trinajstić information content (AvgIpc) is 2.78. The molecule has 0 saturated heterocycles. The van der Waals surface area contributed by atoms with E-state index in [0.717, 1.165) is 56.9 Å². The van der Waals surface area contributed by atoms with Gasteiger partial charge >= 0.3 is 11.9 Å². The third-order valence-corrected chi connectivity index (χ3v) is 5.68. The Morgan fingerprint density at radius 2 is 1.38 bits per heavy atom. The molecule has 0 fully saturated rings. The second-order valence-electron chi connectivity index (χ2n) is 8.70. The third-order valence-electron chi connectivity index (χ3n) is 5.68. The summed E-state index contributed by atoms with van der Waals surface area (Å²) in [6, 6.07) is 9.85. The van der Waals surface area contributed by atoms with Crippen LogP contribution in [0.1, 0.15) is 109 Å². The maximum Gasteiger partial charge on any atom is 0.332 e. The molecule has 0 heterocycles. The molecule has 5 heteroatoms. The van der Waals surface area contributed by atoms with Gasteiger partial charge in [0, 0.05) is 6.42 Å². The molecular weight excluding hydrogens is 404 g/mol. The van der Waals surface area contributed by atoms with Gasteiger partial charge in [-0.2, -0.15) is 0 Å². The minimum atomic E-state index is -0.687. The van der Waals surface area contributed by atoms with Crippen molar-refractivity contribution in [3.8, 4) is 0 Å². The zero-order valence-corrected chi connectivity index (χ0v) is 20.1. The highest BCUT2D eigenvalue weighted by molar-refractivity contribution is 5.70. The number of carbonyl (C=O) groups is 2. The quantitative estimate of drug-likeness (QED) is 0.161. The average molecular weight is 449 g/mol. The lowest BCUT2D eigenvalue weighted by Gasteiger charge is -2.18. The number of esters is 1. The molecule has 1 atom stereocenters. The molecule has 0 aliphatic heterocycles. The van der Waals surface area contributed by atoms with E-state index in [0.29, 0.717) is 13.0 Å². The molecule has 1 aromatic rings. The molecule has 5 nitrogen and oxygen atoms in total. The van der Waals surface area contributed by atoms with E-state index in [9.17, 15) is 9.59 Å². The lowest BCUT2D eigenvalue weighted by atomic mass is 10.0. The number of ether oxygens (including phenoxy) is 2. The molecule has 0 amide bonds. The SMILES string of the molecule is CCCCC(CCCCCCCCCCCCC(=O)O)OC(=O)COCc1ccccc1. The van der Waals surface area contributed by atoms with Gasteiger partial charge in [0.1, 0.15) is 12.7 Å². The number of aliphatic carboxylic acids is 1. The van der Waals surface area contributed by atoms with Crippen LogP contribution in [-0.2, 0) is 25.7 Å². The molecule has 0 aliphatic carbocycles. The minimum Gasteiger partial charge on any atom is -0.481 e. The molecule has 1 aromatic carbocycles. The second-order valence-corrected chi connectivity index (χ2v) is 8.70. The molecule has 0 aliphatic rings. The van der Waals surface area contributed by atoms with Crippen LogP contribution in [0.25, 0.3) is 0 Å². The predicted molar refractivity (Wildman–Crippen MR) is 129 cm³/mol. The van der Waals surface area contributed by atoms with Crippen LogP contribution in [0.3, 0.4) is 0 Å². The molecule has 0 spiro atoms. The number of rotatable bonds is 21. The highest BCUT2D eigenvalue weighted by atomic mass is 16.6. The summed E-state index contributed by atoms with van der Waals surface area (Å²) >= 11 is 0. The van der Waals surface area contributed by atoms with E-state index >= 15 is 0 Å². The first kappa shape index (κ1) is 28.2. The number of carboxylic acid groups (broad SMARTS) is 1. The Morgan fingerprint density at radius 3 is 1.97 bits per heavy atom. The summed E-state index contributed by atoms with van der Waals surface area (Å²) in [5.74, 6) is -0.946. The van der Waals surface area contributed by atoms with Gasteiger partial charge in [0.05, 0.1) is 6.61 Å². The van der Waals surface area contributed by atoms with Crippen molar-refractivity contribution in [3.63, 3.8) is 0 Å². The number of hydrogen-bond donors (Lipinski definition) is 1. The van der Waals surface area contributed by atoms with Crippen LogP contribution in [0.4, 0.5) is 0 Å². The Hall–Kier alpha value is -1.88. The van der Waals surface area contributed by atoms with Crippen molar-refractivity contribution < 1.29 is 24.2 Å². The van der Waals surface area contributed by atoms with Gasteiger partial charge in [0.2, 0.25) is 0 Å². The molecule has 0 radical (unpaired) electrons. The molecule has 1 N–H and O–H groups in total. The summed E-state index contributed by atoms with van der Waals surface area (Å²) in [7, 11) is 0. The fourth-order valence-electron chi connectivity index (χ4n) is 3.80. The van der Waals surface area contributed by atoms with Crippen LogP contribution in [0, 0.1) is 0 Å². The van der Waals surface area contributed by atoms with Crippen molar-refractivity contribution in [1.29, 1.82) is 0 Å². The van der Waals surface area contributed by atoms with Crippen molar-refractivity contribution in [2.45, 2.75) is 116 Å². The van der Waals surface area contributed by atoms with Crippen molar-refractivity contribution in [2.24, 2.45) is 0 Å². The van der Waals surface area contributed by atoms with Gasteiger partial charge in [-0.05, 0) is 31.2 Å². The van der Waals surface area contributed by atoms with Gasteiger partial charge in [0.25, 0.3) is 0 Å². The first-order valence-electron chi connectivity index (χ1n) is 12.6. The van der Waals surface area contributed by atoms with E-state index < -0.39 is 5.97 Å². The molecular formula is C27H44O5. The second kappa shape index (κ2) is 19.8. The van der Waals surface area contributed by atoms with E-state index in [4.69, 9.17) is 14.6 Å². The normalized spacial score (nSPS) is 11.9. The Kier molecular flexibility index (Phi) is 17.4. The minimum absolute atomic E-state index is 0.00776. The number of carboxylic acids is 1. The fraction of sp³-hybridized carbons (Fsp3) is 0.704. The summed E-state index contributed by atoms with van der Waals surface area (Å²) in [6.45, 7) is 2.60. The van der Waals surface area contributed by atoms with Gasteiger partial charge in [-0.25, -0.2) is 4.79 Å². The van der Waals surface area contributed by atoms with Crippen molar-refractivity contribution >= 4 is 11.9 Å². The van der Waals surface area contributed by atoms with Crippen molar-refractivity contribution in [1.82, 2.24) is 0 Å². The number of unbranched alkanes of at least 4 members (excludes halogenated alkanes) is 10. The molecule has 0 aromatic heterocycles. The van der Waals surface area contributed by atoms with Crippen LogP contribution < -0.4 is 0 Å². The van der Waals surface area contributed by atoms with E-state index in [1.54, 1.807) is 0 Å². The van der Waals surface area contributed by atoms with E-state index in [1.165, 1.54) is 38.5 Å². The molecule has 32 heavy (non-hydrogen) atoms. The van der Waals surface area contributed by atoms with Crippen molar-refractivity contribution in [3.05, 3.63) is 35.9 Å². The zero-order chi connectivity index (χ0) is 23.3. The van der Waals surface area contributed by atoms with Gasteiger partial charge in [-0.1, -0.05) is 101 Å². The third kappa shape index (κ3) is 16.8. The monoisotopic (exact) mass is 448 g/mol. The maximum atomic E-state index is 12.2. The van der Waals surface area contributed by atoms with Gasteiger partial charge in [-0.3, -0.25) is 4.79 Å². The smallest absolute Gasteiger partial charge is 0.332 e. The number of benzene rings is 1. The molecule has 0 saturated carbocycles. The largest absolute Gasteiger partial charge is 0.481 e. The van der Waals surface area contributed by atoms with Gasteiger partial charge < -0.3 is 14.6 Å². The lowest BCUT2D eigenvalue weighted by Crippen LogP contribution is -2.22. The highest BCUT2D eigenvalue weighted by Crippen LogP contribution is 2.16. The highest BCUT2D eigenvalue weighted by Gasteiger charge is 2.14. The van der Waals surface area contributed by atoms with Crippen molar-refractivity contribution in [2.75, 3.05) is 6.61 Å². The zero-order valence-electron chi connectivity index (χ0n) is 20.1. The summed E-state index contributed by atoms with van der Waals surface area (Å²) in [6.07, 6.45) is 15.8. The van der Waals surface area contributed by atoms with E-state index in [1.807, 2.05) is 30.3 Å². The Labute approximate surface area is 194 Å². The van der Waals surface area contributed by atoms with Gasteiger partial charge in [0.15, 0.2) is 0 Å². The van der Waals surface area contributed by atoms with Crippen LogP contribution in [0.2, 0.25) is 0 Å². The maximum absolute atomic E-state index is 12.2. The molecule has 0 bridgehead atoms. The Balaban J connectivity index is 2.05. The van der Waals surface area contributed by atoms with Crippen LogP contribution in [0.15, 0.2) is 30.3 Å². The molecule has 182 valence electrons. The Morgan fingerprint density at radius 1 is 0.812 bits per heavy atom. The van der Waals surface area contributed by atoms with Gasteiger partial charge in [-0.15, -0.1) is 0 Å². The molecule has 1 unspecified atom stereocenters. The van der Waals surface area contributed by atoms with E-state index in [-0.39, 0.29) is 18.7 Å². The Bertz CT molecular complexity index is 587. The molecule has 1 rings (SSSR count). The first-order chi connectivity index (χ1) is 15.6. The summed E-state index contributed by atoms with van der Waals surface area (Å²) < 4.78 is 11.2. The number of carbonyl (C=O) groups excluding carboxylic acids is 1. The standard InChI is InChI=1S/C27H44O5/c1-2-3-19-25(32-27(30)23-31-22-24-17-13-12-14-18-24)20-15-10-8-6-4-5-7-9-11-16-21-26(28)29/h12-14,17-18,25H,2-11,15-16,19-23H2,1H3,(H,28,29). The van der Waals surface area contributed by atoms with Crippen LogP contribution in [0.5, 0.6) is 0 Å². The fourth-order valence-corrected chi connectivity index (χ4v) is 3.80. The van der Waals surface area contributed by atoms with Crippen LogP contribution in [-0.4, -0.2) is 29.8 Å². The summed E-state index contributed by atoms with van der Waals surface area (Å²) in [5.41, 5.74) is 1.06.